The number of hydrogen-bond acceptors (Lipinski definition) is 5. The molecule has 3 rings (SSSR count). The number of amides is 1. The summed E-state index contributed by atoms with van der Waals surface area (Å²) in [4.78, 5) is 16.2. The number of carbonyl (C=O) groups excluding carboxylic acids is 1. The summed E-state index contributed by atoms with van der Waals surface area (Å²) in [6.07, 6.45) is 3.94. The first-order chi connectivity index (χ1) is 12.1. The maximum Gasteiger partial charge on any atom is 0.237 e. The van der Waals surface area contributed by atoms with E-state index >= 15 is 0 Å². The summed E-state index contributed by atoms with van der Waals surface area (Å²) in [5.41, 5.74) is 2.01. The molecule has 0 aliphatic carbocycles. The number of carbonyl (C=O) groups is 1. The molecule has 0 unspecified atom stereocenters. The molecule has 2 atom stereocenters. The fraction of sp³-hybridized carbons (Fsp3) is 0.474. The number of oxazole rings is 1. The number of nitrogens with one attached hydrogen (secondary N) is 2. The first-order valence-corrected chi connectivity index (χ1v) is 8.72. The van der Waals surface area contributed by atoms with E-state index in [9.17, 15) is 4.79 Å². The van der Waals surface area contributed by atoms with E-state index in [0.717, 1.165) is 36.5 Å². The minimum atomic E-state index is -0.175. The van der Waals surface area contributed by atoms with Gasteiger partial charge in [-0.2, -0.15) is 0 Å². The summed E-state index contributed by atoms with van der Waals surface area (Å²) in [5.74, 6) is 1.26. The van der Waals surface area contributed by atoms with Gasteiger partial charge in [0.1, 0.15) is 0 Å². The molecule has 0 spiro atoms. The lowest BCUT2D eigenvalue weighted by Crippen LogP contribution is -2.39. The van der Waals surface area contributed by atoms with Crippen LogP contribution < -0.4 is 10.6 Å². The SMILES string of the molecule is CC(C)CO[C@H]1CN[C@H](C(=O)NCc2ccc(-c3cnco3)cc2)C1. The fourth-order valence-corrected chi connectivity index (χ4v) is 2.82. The molecule has 1 aromatic carbocycles. The van der Waals surface area contributed by atoms with Gasteiger partial charge in [-0.15, -0.1) is 0 Å². The van der Waals surface area contributed by atoms with Gasteiger partial charge in [-0.05, 0) is 17.9 Å². The molecule has 134 valence electrons. The predicted molar refractivity (Wildman–Crippen MR) is 94.8 cm³/mol. The van der Waals surface area contributed by atoms with Crippen molar-refractivity contribution in [1.82, 2.24) is 15.6 Å². The maximum atomic E-state index is 12.3. The molecule has 1 fully saturated rings. The highest BCUT2D eigenvalue weighted by atomic mass is 16.5. The van der Waals surface area contributed by atoms with Crippen LogP contribution in [-0.4, -0.2) is 36.2 Å². The lowest BCUT2D eigenvalue weighted by atomic mass is 10.1. The number of ether oxygens (including phenoxy) is 1. The third-order valence-electron chi connectivity index (χ3n) is 4.21. The van der Waals surface area contributed by atoms with Crippen molar-refractivity contribution < 1.29 is 13.9 Å². The molecule has 1 amide bonds. The molecule has 6 heteroatoms. The van der Waals surface area contributed by atoms with Crippen molar-refractivity contribution in [2.45, 2.75) is 39.0 Å². The molecule has 2 aromatic rings. The standard InChI is InChI=1S/C19H25N3O3/c1-13(2)11-24-16-7-17(21-9-16)19(23)22-8-14-3-5-15(6-4-14)18-10-20-12-25-18/h3-6,10,12-13,16-17,21H,7-9,11H2,1-2H3,(H,22,23)/t16-,17+/m1/s1. The van der Waals surface area contributed by atoms with Crippen molar-refractivity contribution in [3.63, 3.8) is 0 Å². The molecule has 25 heavy (non-hydrogen) atoms. The largest absolute Gasteiger partial charge is 0.444 e. The van der Waals surface area contributed by atoms with E-state index in [1.54, 1.807) is 6.20 Å². The minimum Gasteiger partial charge on any atom is -0.444 e. The van der Waals surface area contributed by atoms with Gasteiger partial charge < -0.3 is 19.8 Å². The highest BCUT2D eigenvalue weighted by Crippen LogP contribution is 2.19. The van der Waals surface area contributed by atoms with E-state index < -0.39 is 0 Å². The Morgan fingerprint density at radius 2 is 2.20 bits per heavy atom. The van der Waals surface area contributed by atoms with Crippen molar-refractivity contribution in [1.29, 1.82) is 0 Å². The smallest absolute Gasteiger partial charge is 0.237 e. The van der Waals surface area contributed by atoms with Gasteiger partial charge in [-0.3, -0.25) is 4.79 Å². The molecule has 1 aromatic heterocycles. The Hall–Kier alpha value is -2.18. The van der Waals surface area contributed by atoms with Gasteiger partial charge in [0.25, 0.3) is 0 Å². The summed E-state index contributed by atoms with van der Waals surface area (Å²) < 4.78 is 11.1. The summed E-state index contributed by atoms with van der Waals surface area (Å²) >= 11 is 0. The van der Waals surface area contributed by atoms with Gasteiger partial charge in [-0.25, -0.2) is 4.98 Å². The van der Waals surface area contributed by atoms with E-state index in [4.69, 9.17) is 9.15 Å². The zero-order chi connectivity index (χ0) is 17.6. The van der Waals surface area contributed by atoms with Gasteiger partial charge in [-0.1, -0.05) is 38.1 Å². The molecule has 1 aliphatic heterocycles. The highest BCUT2D eigenvalue weighted by molar-refractivity contribution is 5.82. The molecule has 0 radical (unpaired) electrons. The van der Waals surface area contributed by atoms with Crippen LogP contribution in [0.1, 0.15) is 25.8 Å². The van der Waals surface area contributed by atoms with Crippen molar-refractivity contribution in [3.8, 4) is 11.3 Å². The Kier molecular flexibility index (Phi) is 5.83. The van der Waals surface area contributed by atoms with Gasteiger partial charge >= 0.3 is 0 Å². The monoisotopic (exact) mass is 343 g/mol. The Morgan fingerprint density at radius 3 is 2.88 bits per heavy atom. The Labute approximate surface area is 148 Å². The van der Waals surface area contributed by atoms with Crippen molar-refractivity contribution in [2.24, 2.45) is 5.92 Å². The first kappa shape index (κ1) is 17.6. The molecule has 2 N–H and O–H groups in total. The number of nitrogens with zero attached hydrogens (tertiary/aromatic N) is 1. The molecule has 6 nitrogen and oxygen atoms in total. The van der Waals surface area contributed by atoms with Crippen LogP contribution in [0.2, 0.25) is 0 Å². The number of aromatic nitrogens is 1. The van der Waals surface area contributed by atoms with Gasteiger partial charge in [0.15, 0.2) is 12.2 Å². The number of benzene rings is 1. The summed E-state index contributed by atoms with van der Waals surface area (Å²) in [6.45, 7) is 6.22. The van der Waals surface area contributed by atoms with Crippen LogP contribution in [0.25, 0.3) is 11.3 Å². The van der Waals surface area contributed by atoms with E-state index in [-0.39, 0.29) is 18.1 Å². The van der Waals surface area contributed by atoms with E-state index in [2.05, 4.69) is 29.5 Å². The van der Waals surface area contributed by atoms with Crippen LogP contribution in [-0.2, 0) is 16.1 Å². The molecule has 2 heterocycles. The minimum absolute atomic E-state index is 0.0231. The molecule has 1 aliphatic rings. The average molecular weight is 343 g/mol. The lowest BCUT2D eigenvalue weighted by molar-refractivity contribution is -0.123. The zero-order valence-electron chi connectivity index (χ0n) is 14.7. The molecule has 0 bridgehead atoms. The fourth-order valence-electron chi connectivity index (χ4n) is 2.82. The average Bonchev–Trinajstić information content (AvgIpc) is 3.30. The third kappa shape index (κ3) is 4.90. The topological polar surface area (TPSA) is 76.4 Å². The van der Waals surface area contributed by atoms with E-state index in [0.29, 0.717) is 12.5 Å². The quantitative estimate of drug-likeness (QED) is 0.807. The van der Waals surface area contributed by atoms with Gasteiger partial charge in [0.05, 0.1) is 18.3 Å². The molecule has 1 saturated heterocycles. The Balaban J connectivity index is 1.45. The summed E-state index contributed by atoms with van der Waals surface area (Å²) in [6, 6.07) is 7.71. The van der Waals surface area contributed by atoms with Crippen LogP contribution in [0.4, 0.5) is 0 Å². The van der Waals surface area contributed by atoms with Crippen LogP contribution in [0, 0.1) is 5.92 Å². The van der Waals surface area contributed by atoms with Crippen LogP contribution in [0.3, 0.4) is 0 Å². The van der Waals surface area contributed by atoms with Crippen molar-refractivity contribution in [2.75, 3.05) is 13.2 Å². The van der Waals surface area contributed by atoms with Crippen molar-refractivity contribution in [3.05, 3.63) is 42.4 Å². The second-order valence-electron chi connectivity index (χ2n) is 6.83. The van der Waals surface area contributed by atoms with E-state index in [1.807, 2.05) is 24.3 Å². The second kappa shape index (κ2) is 8.27. The second-order valence-corrected chi connectivity index (χ2v) is 6.83. The number of rotatable bonds is 7. The van der Waals surface area contributed by atoms with Gasteiger partial charge in [0.2, 0.25) is 5.91 Å². The Bertz CT molecular complexity index is 668. The van der Waals surface area contributed by atoms with Crippen LogP contribution >= 0.6 is 0 Å². The van der Waals surface area contributed by atoms with Crippen LogP contribution in [0.5, 0.6) is 0 Å². The zero-order valence-corrected chi connectivity index (χ0v) is 14.7. The molecular weight excluding hydrogens is 318 g/mol. The van der Waals surface area contributed by atoms with Gasteiger partial charge in [0, 0.05) is 25.3 Å². The number of hydrogen-bond donors (Lipinski definition) is 2. The van der Waals surface area contributed by atoms with E-state index in [1.165, 1.54) is 6.39 Å². The molecule has 0 saturated carbocycles. The summed E-state index contributed by atoms with van der Waals surface area (Å²) in [5, 5.41) is 6.23. The van der Waals surface area contributed by atoms with Crippen molar-refractivity contribution >= 4 is 5.91 Å². The first-order valence-electron chi connectivity index (χ1n) is 8.72. The highest BCUT2D eigenvalue weighted by Gasteiger charge is 2.29. The predicted octanol–water partition coefficient (Wildman–Crippen LogP) is 2.36. The maximum absolute atomic E-state index is 12.3. The van der Waals surface area contributed by atoms with Crippen LogP contribution in [0.15, 0.2) is 41.3 Å². The molecular formula is C19H25N3O3. The Morgan fingerprint density at radius 1 is 1.40 bits per heavy atom. The normalized spacial score (nSPS) is 20.1. The third-order valence-corrected chi connectivity index (χ3v) is 4.21. The summed E-state index contributed by atoms with van der Waals surface area (Å²) in [7, 11) is 0. The lowest BCUT2D eigenvalue weighted by Gasteiger charge is -2.13.